The number of rotatable bonds is 3. The van der Waals surface area contributed by atoms with E-state index in [2.05, 4.69) is 0 Å². The zero-order valence-electron chi connectivity index (χ0n) is 8.22. The van der Waals surface area contributed by atoms with Crippen molar-refractivity contribution in [3.05, 3.63) is 34.9 Å². The highest BCUT2D eigenvalue weighted by atomic mass is 19.1. The number of hydrogen-bond acceptors (Lipinski definition) is 2. The van der Waals surface area contributed by atoms with E-state index in [4.69, 9.17) is 5.21 Å². The van der Waals surface area contributed by atoms with Crippen molar-refractivity contribution < 1.29 is 14.0 Å². The third-order valence-electron chi connectivity index (χ3n) is 2.00. The molecule has 0 aliphatic rings. The molecule has 0 saturated heterocycles. The van der Waals surface area contributed by atoms with Crippen LogP contribution in [0.3, 0.4) is 0 Å². The van der Waals surface area contributed by atoms with E-state index in [0.717, 1.165) is 11.1 Å². The Morgan fingerprint density at radius 3 is 2.29 bits per heavy atom. The minimum absolute atomic E-state index is 0.0547. The van der Waals surface area contributed by atoms with Gasteiger partial charge in [-0.3, -0.25) is 0 Å². The second-order valence-electron chi connectivity index (χ2n) is 3.20. The zero-order chi connectivity index (χ0) is 10.7. The summed E-state index contributed by atoms with van der Waals surface area (Å²) in [5.41, 5.74) is 0.761. The summed E-state index contributed by atoms with van der Waals surface area (Å²) in [5, 5.41) is 9.79. The molecule has 0 saturated carbocycles. The first kappa shape index (κ1) is 11.1. The molecule has 0 bridgehead atoms. The summed E-state index contributed by atoms with van der Waals surface area (Å²) < 4.78 is 26.2. The fourth-order valence-electron chi connectivity index (χ4n) is 1.28. The van der Waals surface area contributed by atoms with Crippen LogP contribution < -0.4 is 0 Å². The van der Waals surface area contributed by atoms with Crippen molar-refractivity contribution in [3.63, 3.8) is 0 Å². The molecule has 1 aromatic rings. The van der Waals surface area contributed by atoms with Crippen molar-refractivity contribution in [3.8, 4) is 0 Å². The van der Waals surface area contributed by atoms with Gasteiger partial charge in [0.1, 0.15) is 11.6 Å². The van der Waals surface area contributed by atoms with Gasteiger partial charge in [0.05, 0.1) is 6.54 Å². The molecule has 78 valence electrons. The third kappa shape index (κ3) is 2.49. The molecule has 0 aromatic heterocycles. The first-order valence-corrected chi connectivity index (χ1v) is 4.41. The van der Waals surface area contributed by atoms with E-state index >= 15 is 0 Å². The Bertz CT molecular complexity index is 326. The largest absolute Gasteiger partial charge is 0.314 e. The van der Waals surface area contributed by atoms with Gasteiger partial charge in [-0.15, -0.1) is 0 Å². The third-order valence-corrected chi connectivity index (χ3v) is 2.00. The van der Waals surface area contributed by atoms with E-state index in [1.807, 2.05) is 0 Å². The highest BCUT2D eigenvalue weighted by molar-refractivity contribution is 5.26. The topological polar surface area (TPSA) is 23.5 Å². The monoisotopic (exact) mass is 201 g/mol. The summed E-state index contributed by atoms with van der Waals surface area (Å²) in [6.45, 7) is 1.85. The van der Waals surface area contributed by atoms with Crippen LogP contribution in [0.15, 0.2) is 12.1 Å². The standard InChI is InChI=1S/C10H13F2NO/c1-3-7-4-8(6-13(2)14)10(12)5-9(7)11/h4-5,14H,3,6H2,1-2H3. The average molecular weight is 201 g/mol. The number of halogens is 2. The molecular formula is C10H13F2NO. The predicted molar refractivity (Wildman–Crippen MR) is 49.0 cm³/mol. The van der Waals surface area contributed by atoms with E-state index in [1.54, 1.807) is 6.92 Å². The number of hydrogen-bond donors (Lipinski definition) is 1. The lowest BCUT2D eigenvalue weighted by Gasteiger charge is -2.10. The van der Waals surface area contributed by atoms with Gasteiger partial charge in [-0.1, -0.05) is 6.92 Å². The first-order chi connectivity index (χ1) is 6.54. The van der Waals surface area contributed by atoms with Gasteiger partial charge in [0.2, 0.25) is 0 Å². The molecule has 0 aliphatic heterocycles. The zero-order valence-corrected chi connectivity index (χ0v) is 8.22. The minimum Gasteiger partial charge on any atom is -0.314 e. The van der Waals surface area contributed by atoms with Crippen LogP contribution in [0.1, 0.15) is 18.1 Å². The van der Waals surface area contributed by atoms with Gasteiger partial charge < -0.3 is 5.21 Å². The highest BCUT2D eigenvalue weighted by Crippen LogP contribution is 2.16. The van der Waals surface area contributed by atoms with Crippen molar-refractivity contribution >= 4 is 0 Å². The highest BCUT2D eigenvalue weighted by Gasteiger charge is 2.09. The minimum atomic E-state index is -0.624. The summed E-state index contributed by atoms with van der Waals surface area (Å²) in [7, 11) is 1.41. The van der Waals surface area contributed by atoms with Crippen molar-refractivity contribution in [1.29, 1.82) is 0 Å². The van der Waals surface area contributed by atoms with Gasteiger partial charge in [-0.25, -0.2) is 8.78 Å². The molecule has 0 amide bonds. The maximum atomic E-state index is 13.1. The Kier molecular flexibility index (Phi) is 3.55. The first-order valence-electron chi connectivity index (χ1n) is 4.41. The molecule has 1 rings (SSSR count). The van der Waals surface area contributed by atoms with Gasteiger partial charge in [-0.05, 0) is 18.1 Å². The SMILES string of the molecule is CCc1cc(CN(C)O)c(F)cc1F. The summed E-state index contributed by atoms with van der Waals surface area (Å²) in [6.07, 6.45) is 0.508. The van der Waals surface area contributed by atoms with Gasteiger partial charge in [-0.2, -0.15) is 5.06 Å². The van der Waals surface area contributed by atoms with E-state index < -0.39 is 11.6 Å². The summed E-state index contributed by atoms with van der Waals surface area (Å²) >= 11 is 0. The fraction of sp³-hybridized carbons (Fsp3) is 0.400. The van der Waals surface area contributed by atoms with Crippen LogP contribution in [-0.4, -0.2) is 17.3 Å². The molecule has 0 heterocycles. The molecule has 4 heteroatoms. The Morgan fingerprint density at radius 1 is 1.21 bits per heavy atom. The van der Waals surface area contributed by atoms with Crippen LogP contribution in [0.2, 0.25) is 0 Å². The summed E-state index contributed by atoms with van der Waals surface area (Å²) in [5.74, 6) is -1.16. The van der Waals surface area contributed by atoms with Crippen molar-refractivity contribution in [2.45, 2.75) is 19.9 Å². The Morgan fingerprint density at radius 2 is 1.79 bits per heavy atom. The molecule has 0 radical (unpaired) electrons. The number of hydroxylamine groups is 2. The maximum Gasteiger partial charge on any atom is 0.130 e. The van der Waals surface area contributed by atoms with Crippen LogP contribution in [0.5, 0.6) is 0 Å². The lowest BCUT2D eigenvalue weighted by atomic mass is 10.1. The quantitative estimate of drug-likeness (QED) is 0.759. The summed E-state index contributed by atoms with van der Waals surface area (Å²) in [6, 6.07) is 2.30. The van der Waals surface area contributed by atoms with Crippen LogP contribution in [0, 0.1) is 11.6 Å². The Balaban J connectivity index is 3.04. The van der Waals surface area contributed by atoms with Crippen molar-refractivity contribution in [1.82, 2.24) is 5.06 Å². The number of benzene rings is 1. The molecule has 2 nitrogen and oxygen atoms in total. The van der Waals surface area contributed by atoms with Crippen LogP contribution in [-0.2, 0) is 13.0 Å². The van der Waals surface area contributed by atoms with Crippen molar-refractivity contribution in [2.24, 2.45) is 0 Å². The van der Waals surface area contributed by atoms with E-state index in [1.165, 1.54) is 13.1 Å². The van der Waals surface area contributed by atoms with Gasteiger partial charge >= 0.3 is 0 Å². The molecular weight excluding hydrogens is 188 g/mol. The van der Waals surface area contributed by atoms with Crippen LogP contribution in [0.25, 0.3) is 0 Å². The second-order valence-corrected chi connectivity index (χ2v) is 3.20. The van der Waals surface area contributed by atoms with Crippen LogP contribution >= 0.6 is 0 Å². The molecule has 0 spiro atoms. The Labute approximate surface area is 81.7 Å². The van der Waals surface area contributed by atoms with Crippen LogP contribution in [0.4, 0.5) is 8.78 Å². The Hall–Kier alpha value is -1.00. The lowest BCUT2D eigenvalue weighted by molar-refractivity contribution is -0.0738. The second kappa shape index (κ2) is 4.48. The average Bonchev–Trinajstić information content (AvgIpc) is 2.09. The number of aryl methyl sites for hydroxylation is 1. The molecule has 14 heavy (non-hydrogen) atoms. The number of nitrogens with zero attached hydrogens (tertiary/aromatic N) is 1. The van der Waals surface area contributed by atoms with Gasteiger partial charge in [0.15, 0.2) is 0 Å². The van der Waals surface area contributed by atoms with Crippen molar-refractivity contribution in [2.75, 3.05) is 7.05 Å². The maximum absolute atomic E-state index is 13.1. The normalized spacial score (nSPS) is 11.0. The van der Waals surface area contributed by atoms with Gasteiger partial charge in [0, 0.05) is 18.7 Å². The van der Waals surface area contributed by atoms with Gasteiger partial charge in [0.25, 0.3) is 0 Å². The fourth-order valence-corrected chi connectivity index (χ4v) is 1.28. The van der Waals surface area contributed by atoms with E-state index in [9.17, 15) is 8.78 Å². The van der Waals surface area contributed by atoms with E-state index in [-0.39, 0.29) is 6.54 Å². The molecule has 1 N–H and O–H groups in total. The molecule has 0 aliphatic carbocycles. The summed E-state index contributed by atoms with van der Waals surface area (Å²) in [4.78, 5) is 0. The molecule has 1 aromatic carbocycles. The smallest absolute Gasteiger partial charge is 0.130 e. The lowest BCUT2D eigenvalue weighted by Crippen LogP contribution is -2.13. The van der Waals surface area contributed by atoms with E-state index in [0.29, 0.717) is 17.5 Å². The molecule has 0 unspecified atom stereocenters. The molecule has 0 atom stereocenters. The predicted octanol–water partition coefficient (Wildman–Crippen LogP) is 2.35. The molecule has 0 fully saturated rings.